The number of amides is 1. The normalized spacial score (nSPS) is 12.2. The van der Waals surface area contributed by atoms with E-state index in [1.54, 1.807) is 12.1 Å². The van der Waals surface area contributed by atoms with Crippen LogP contribution in [0.25, 0.3) is 0 Å². The Morgan fingerprint density at radius 2 is 2.25 bits per heavy atom. The zero-order valence-corrected chi connectivity index (χ0v) is 11.9. The fourth-order valence-electron chi connectivity index (χ4n) is 1.19. The number of carbonyl (C=O) groups excluding carboxylic acids is 1. The van der Waals surface area contributed by atoms with Gasteiger partial charge >= 0.3 is 0 Å². The Morgan fingerprint density at radius 3 is 2.81 bits per heavy atom. The second-order valence-corrected chi connectivity index (χ2v) is 5.08. The van der Waals surface area contributed by atoms with Gasteiger partial charge in [-0.1, -0.05) is 40.5 Å². The molecule has 1 aromatic rings. The van der Waals surface area contributed by atoms with Gasteiger partial charge in [0.1, 0.15) is 5.38 Å². The minimum atomic E-state index is -0.743. The molecule has 0 heterocycles. The summed E-state index contributed by atoms with van der Waals surface area (Å²) in [7, 11) is 0. The first-order valence-corrected chi connectivity index (χ1v) is 6.53. The lowest BCUT2D eigenvalue weighted by Gasteiger charge is -2.12. The standard InChI is InChI=1S/C11H12BrCl2NO/c1-2-5-15-11(16)10(14)8-4-3-7(12)6-9(8)13/h3-4,6,10H,2,5H2,1H3,(H,15,16). The molecule has 2 nitrogen and oxygen atoms in total. The summed E-state index contributed by atoms with van der Waals surface area (Å²) in [6, 6.07) is 5.28. The van der Waals surface area contributed by atoms with Crippen molar-refractivity contribution in [3.05, 3.63) is 33.3 Å². The number of benzene rings is 1. The van der Waals surface area contributed by atoms with Crippen LogP contribution in [0.2, 0.25) is 5.02 Å². The van der Waals surface area contributed by atoms with Gasteiger partial charge in [-0.05, 0) is 24.1 Å². The number of hydrogen-bond acceptors (Lipinski definition) is 1. The van der Waals surface area contributed by atoms with Gasteiger partial charge in [0, 0.05) is 16.0 Å². The van der Waals surface area contributed by atoms with Crippen LogP contribution < -0.4 is 5.32 Å². The maximum Gasteiger partial charge on any atom is 0.242 e. The third-order valence-electron chi connectivity index (χ3n) is 2.01. The van der Waals surface area contributed by atoms with Gasteiger partial charge in [0.2, 0.25) is 5.91 Å². The molecule has 0 fully saturated rings. The van der Waals surface area contributed by atoms with Gasteiger partial charge in [0.15, 0.2) is 0 Å². The Hall–Kier alpha value is -0.250. The van der Waals surface area contributed by atoms with Crippen molar-refractivity contribution < 1.29 is 4.79 Å². The van der Waals surface area contributed by atoms with Gasteiger partial charge < -0.3 is 5.32 Å². The van der Waals surface area contributed by atoms with Crippen LogP contribution in [0.5, 0.6) is 0 Å². The summed E-state index contributed by atoms with van der Waals surface area (Å²) in [5.41, 5.74) is 0.625. The van der Waals surface area contributed by atoms with Crippen LogP contribution in [-0.2, 0) is 4.79 Å². The maximum atomic E-state index is 11.6. The molecule has 16 heavy (non-hydrogen) atoms. The van der Waals surface area contributed by atoms with E-state index in [9.17, 15) is 4.79 Å². The van der Waals surface area contributed by atoms with Gasteiger partial charge in [-0.15, -0.1) is 11.6 Å². The number of nitrogens with one attached hydrogen (secondary N) is 1. The summed E-state index contributed by atoms with van der Waals surface area (Å²) in [5, 5.41) is 2.47. The quantitative estimate of drug-likeness (QED) is 0.836. The van der Waals surface area contributed by atoms with E-state index >= 15 is 0 Å². The van der Waals surface area contributed by atoms with Crippen molar-refractivity contribution in [3.63, 3.8) is 0 Å². The fraction of sp³-hybridized carbons (Fsp3) is 0.364. The van der Waals surface area contributed by atoms with Gasteiger partial charge in [0.25, 0.3) is 0 Å². The lowest BCUT2D eigenvalue weighted by Crippen LogP contribution is -2.27. The molecule has 1 unspecified atom stereocenters. The molecule has 1 amide bonds. The minimum Gasteiger partial charge on any atom is -0.355 e. The predicted octanol–water partition coefficient (Wildman–Crippen LogP) is 3.91. The molecular formula is C11H12BrCl2NO. The highest BCUT2D eigenvalue weighted by Gasteiger charge is 2.19. The average molecular weight is 325 g/mol. The van der Waals surface area contributed by atoms with E-state index in [-0.39, 0.29) is 5.91 Å². The Labute approximate surface area is 113 Å². The fourth-order valence-corrected chi connectivity index (χ4v) is 2.29. The minimum absolute atomic E-state index is 0.215. The molecular weight excluding hydrogens is 313 g/mol. The van der Waals surface area contributed by atoms with E-state index in [2.05, 4.69) is 21.2 Å². The summed E-state index contributed by atoms with van der Waals surface area (Å²) in [4.78, 5) is 11.6. The van der Waals surface area contributed by atoms with Gasteiger partial charge in [-0.3, -0.25) is 4.79 Å². The zero-order chi connectivity index (χ0) is 12.1. The first kappa shape index (κ1) is 13.8. The van der Waals surface area contributed by atoms with E-state index in [0.29, 0.717) is 17.1 Å². The Kier molecular flexibility index (Phi) is 5.59. The average Bonchev–Trinajstić information content (AvgIpc) is 2.25. The lowest BCUT2D eigenvalue weighted by molar-refractivity contribution is -0.120. The molecule has 0 bridgehead atoms. The van der Waals surface area contributed by atoms with Crippen LogP contribution >= 0.6 is 39.1 Å². The van der Waals surface area contributed by atoms with Crippen LogP contribution in [0.1, 0.15) is 24.3 Å². The van der Waals surface area contributed by atoms with Crippen LogP contribution in [-0.4, -0.2) is 12.5 Å². The van der Waals surface area contributed by atoms with Crippen molar-refractivity contribution in [2.75, 3.05) is 6.54 Å². The summed E-state index contributed by atoms with van der Waals surface area (Å²) >= 11 is 15.3. The van der Waals surface area contributed by atoms with Crippen LogP contribution in [0.4, 0.5) is 0 Å². The molecule has 88 valence electrons. The molecule has 1 rings (SSSR count). The van der Waals surface area contributed by atoms with E-state index in [1.165, 1.54) is 0 Å². The highest BCUT2D eigenvalue weighted by molar-refractivity contribution is 9.10. The molecule has 1 N–H and O–H groups in total. The molecule has 0 aromatic heterocycles. The van der Waals surface area contributed by atoms with Crippen LogP contribution in [0.15, 0.2) is 22.7 Å². The molecule has 5 heteroatoms. The molecule has 1 atom stereocenters. The molecule has 0 saturated carbocycles. The third-order valence-corrected chi connectivity index (χ3v) is 3.27. The second kappa shape index (κ2) is 6.48. The predicted molar refractivity (Wildman–Crippen MR) is 71.0 cm³/mol. The number of alkyl halides is 1. The van der Waals surface area contributed by atoms with Gasteiger partial charge in [-0.2, -0.15) is 0 Å². The largest absolute Gasteiger partial charge is 0.355 e. The first-order valence-electron chi connectivity index (χ1n) is 4.93. The Morgan fingerprint density at radius 1 is 1.56 bits per heavy atom. The van der Waals surface area contributed by atoms with Crippen molar-refractivity contribution in [2.24, 2.45) is 0 Å². The number of halogens is 3. The lowest BCUT2D eigenvalue weighted by atomic mass is 10.1. The Bertz CT molecular complexity index is 384. The van der Waals surface area contributed by atoms with E-state index in [4.69, 9.17) is 23.2 Å². The SMILES string of the molecule is CCCNC(=O)C(Cl)c1ccc(Br)cc1Cl. The van der Waals surface area contributed by atoms with Crippen LogP contribution in [0.3, 0.4) is 0 Å². The Balaban J connectivity index is 2.79. The number of carbonyl (C=O) groups is 1. The smallest absolute Gasteiger partial charge is 0.242 e. The van der Waals surface area contributed by atoms with Crippen molar-refractivity contribution in [1.82, 2.24) is 5.32 Å². The first-order chi connectivity index (χ1) is 7.56. The third kappa shape index (κ3) is 3.65. The summed E-state index contributed by atoms with van der Waals surface area (Å²) in [5.74, 6) is -0.215. The van der Waals surface area contributed by atoms with Gasteiger partial charge in [-0.25, -0.2) is 0 Å². The number of hydrogen-bond donors (Lipinski definition) is 1. The molecule has 0 aliphatic heterocycles. The van der Waals surface area contributed by atoms with Crippen molar-refractivity contribution in [1.29, 1.82) is 0 Å². The van der Waals surface area contributed by atoms with E-state index < -0.39 is 5.38 Å². The molecule has 1 aromatic carbocycles. The second-order valence-electron chi connectivity index (χ2n) is 3.32. The molecule has 0 radical (unpaired) electrons. The summed E-state index contributed by atoms with van der Waals surface area (Å²) < 4.78 is 0.860. The highest BCUT2D eigenvalue weighted by Crippen LogP contribution is 2.30. The van der Waals surface area contributed by atoms with Crippen molar-refractivity contribution in [3.8, 4) is 0 Å². The molecule has 0 aliphatic carbocycles. The van der Waals surface area contributed by atoms with E-state index in [1.807, 2.05) is 13.0 Å². The monoisotopic (exact) mass is 323 g/mol. The summed E-state index contributed by atoms with van der Waals surface area (Å²) in [6.45, 7) is 2.60. The molecule has 0 aliphatic rings. The molecule has 0 spiro atoms. The molecule has 0 saturated heterocycles. The van der Waals surface area contributed by atoms with Crippen LogP contribution in [0, 0.1) is 0 Å². The topological polar surface area (TPSA) is 29.1 Å². The number of rotatable bonds is 4. The highest BCUT2D eigenvalue weighted by atomic mass is 79.9. The van der Waals surface area contributed by atoms with E-state index in [0.717, 1.165) is 10.9 Å². The van der Waals surface area contributed by atoms with Gasteiger partial charge in [0.05, 0.1) is 0 Å². The van der Waals surface area contributed by atoms with Crippen molar-refractivity contribution in [2.45, 2.75) is 18.7 Å². The maximum absolute atomic E-state index is 11.6. The summed E-state index contributed by atoms with van der Waals surface area (Å²) in [6.07, 6.45) is 0.878. The zero-order valence-electron chi connectivity index (χ0n) is 8.77. The van der Waals surface area contributed by atoms with Crippen molar-refractivity contribution >= 4 is 45.0 Å².